The van der Waals surface area contributed by atoms with Crippen LogP contribution in [0, 0.1) is 6.92 Å². The van der Waals surface area contributed by atoms with Crippen LogP contribution in [0.15, 0.2) is 59.0 Å². The number of rotatable bonds is 9. The Kier molecular flexibility index (Phi) is 6.57. The third kappa shape index (κ3) is 5.67. The van der Waals surface area contributed by atoms with E-state index >= 15 is 0 Å². The summed E-state index contributed by atoms with van der Waals surface area (Å²) in [5.74, 6) is 1.83. The van der Waals surface area contributed by atoms with E-state index < -0.39 is 0 Å². The van der Waals surface area contributed by atoms with Crippen molar-refractivity contribution < 1.29 is 13.9 Å². The minimum atomic E-state index is -0.00898. The van der Waals surface area contributed by atoms with Gasteiger partial charge in [0, 0.05) is 24.9 Å². The highest BCUT2D eigenvalue weighted by Gasteiger charge is 2.10. The van der Waals surface area contributed by atoms with Gasteiger partial charge < -0.3 is 14.5 Å². The van der Waals surface area contributed by atoms with Crippen molar-refractivity contribution in [3.63, 3.8) is 0 Å². The first-order valence-electron chi connectivity index (χ1n) is 9.05. The predicted octanol–water partition coefficient (Wildman–Crippen LogP) is 3.56. The number of nitrogens with one attached hydrogen (secondary N) is 1. The van der Waals surface area contributed by atoms with Crippen LogP contribution in [0.5, 0.6) is 5.75 Å². The van der Waals surface area contributed by atoms with Crippen LogP contribution >= 0.6 is 0 Å². The Hall–Kier alpha value is -3.15. The number of benzene rings is 2. The van der Waals surface area contributed by atoms with E-state index in [0.29, 0.717) is 44.2 Å². The molecule has 6 nitrogen and oxygen atoms in total. The summed E-state index contributed by atoms with van der Waals surface area (Å²) < 4.78 is 11.3. The number of hydrogen-bond donors (Lipinski definition) is 1. The number of ether oxygens (including phenoxy) is 1. The molecule has 0 aliphatic rings. The van der Waals surface area contributed by atoms with Crippen molar-refractivity contribution in [3.8, 4) is 17.2 Å². The molecule has 3 rings (SSSR count). The topological polar surface area (TPSA) is 77.2 Å². The average Bonchev–Trinajstić information content (AvgIpc) is 3.15. The Morgan fingerprint density at radius 3 is 2.67 bits per heavy atom. The van der Waals surface area contributed by atoms with E-state index in [-0.39, 0.29) is 5.91 Å². The van der Waals surface area contributed by atoms with E-state index in [0.717, 1.165) is 16.9 Å². The zero-order valence-electron chi connectivity index (χ0n) is 15.4. The van der Waals surface area contributed by atoms with Crippen LogP contribution in [0.1, 0.15) is 24.3 Å². The Labute approximate surface area is 158 Å². The normalized spacial score (nSPS) is 10.6. The van der Waals surface area contributed by atoms with Crippen LogP contribution < -0.4 is 10.1 Å². The van der Waals surface area contributed by atoms with E-state index in [2.05, 4.69) is 15.5 Å². The number of amides is 1. The highest BCUT2D eigenvalue weighted by atomic mass is 16.5. The lowest BCUT2D eigenvalue weighted by molar-refractivity contribution is -0.121. The molecule has 3 aromatic rings. The molecular weight excluding hydrogens is 342 g/mol. The van der Waals surface area contributed by atoms with E-state index in [1.165, 1.54) is 0 Å². The molecule has 6 heteroatoms. The molecule has 1 amide bonds. The lowest BCUT2D eigenvalue weighted by Gasteiger charge is -2.06. The van der Waals surface area contributed by atoms with Crippen molar-refractivity contribution in [1.29, 1.82) is 0 Å². The molecule has 0 fully saturated rings. The minimum Gasteiger partial charge on any atom is -0.494 e. The number of carbonyl (C=O) groups is 1. The zero-order valence-corrected chi connectivity index (χ0v) is 15.4. The summed E-state index contributed by atoms with van der Waals surface area (Å²) in [5.41, 5.74) is 2.01. The van der Waals surface area contributed by atoms with Gasteiger partial charge in [-0.25, -0.2) is 0 Å². The summed E-state index contributed by atoms with van der Waals surface area (Å²) in [6, 6.07) is 17.4. The average molecular weight is 365 g/mol. The van der Waals surface area contributed by atoms with Gasteiger partial charge in [-0.15, -0.1) is 10.2 Å². The number of aromatic nitrogens is 2. The fraction of sp³-hybridized carbons (Fsp3) is 0.286. The summed E-state index contributed by atoms with van der Waals surface area (Å²) >= 11 is 0. The van der Waals surface area contributed by atoms with Gasteiger partial charge in [0.1, 0.15) is 5.75 Å². The van der Waals surface area contributed by atoms with Crippen molar-refractivity contribution in [2.45, 2.75) is 26.2 Å². The molecule has 1 N–H and O–H groups in total. The maximum atomic E-state index is 11.9. The zero-order chi connectivity index (χ0) is 18.9. The van der Waals surface area contributed by atoms with Crippen molar-refractivity contribution >= 4 is 5.91 Å². The van der Waals surface area contributed by atoms with Crippen molar-refractivity contribution in [2.75, 3.05) is 13.2 Å². The van der Waals surface area contributed by atoms with Gasteiger partial charge in [0.25, 0.3) is 0 Å². The van der Waals surface area contributed by atoms with Crippen LogP contribution in [0.2, 0.25) is 0 Å². The van der Waals surface area contributed by atoms with Gasteiger partial charge in [-0.05, 0) is 37.1 Å². The molecule has 0 saturated carbocycles. The van der Waals surface area contributed by atoms with Gasteiger partial charge in [0.15, 0.2) is 0 Å². The summed E-state index contributed by atoms with van der Waals surface area (Å²) in [5, 5.41) is 11.0. The Morgan fingerprint density at radius 2 is 1.85 bits per heavy atom. The van der Waals surface area contributed by atoms with E-state index in [9.17, 15) is 4.79 Å². The Morgan fingerprint density at radius 1 is 1.07 bits per heavy atom. The van der Waals surface area contributed by atoms with Gasteiger partial charge in [0.05, 0.1) is 6.61 Å². The molecule has 27 heavy (non-hydrogen) atoms. The van der Waals surface area contributed by atoms with Crippen LogP contribution in [0.3, 0.4) is 0 Å². The Balaban J connectivity index is 1.35. The second kappa shape index (κ2) is 9.52. The highest BCUT2D eigenvalue weighted by Crippen LogP contribution is 2.21. The Bertz CT molecular complexity index is 862. The number of para-hydroxylation sites is 1. The summed E-state index contributed by atoms with van der Waals surface area (Å²) in [7, 11) is 0. The van der Waals surface area contributed by atoms with E-state index in [1.54, 1.807) is 0 Å². The first kappa shape index (κ1) is 18.6. The molecule has 0 spiro atoms. The summed E-state index contributed by atoms with van der Waals surface area (Å²) in [4.78, 5) is 11.9. The van der Waals surface area contributed by atoms with Crippen LogP contribution in [-0.2, 0) is 11.2 Å². The molecule has 0 aliphatic carbocycles. The fourth-order valence-corrected chi connectivity index (χ4v) is 2.61. The van der Waals surface area contributed by atoms with Crippen LogP contribution in [-0.4, -0.2) is 29.3 Å². The molecular formula is C21H23N3O3. The van der Waals surface area contributed by atoms with Crippen LogP contribution in [0.25, 0.3) is 11.5 Å². The smallest absolute Gasteiger partial charge is 0.247 e. The number of hydrogen-bond acceptors (Lipinski definition) is 5. The third-order valence-corrected chi connectivity index (χ3v) is 4.06. The van der Waals surface area contributed by atoms with Crippen molar-refractivity contribution in [1.82, 2.24) is 15.5 Å². The maximum Gasteiger partial charge on any atom is 0.247 e. The van der Waals surface area contributed by atoms with Gasteiger partial charge in [-0.1, -0.05) is 36.4 Å². The lowest BCUT2D eigenvalue weighted by Crippen LogP contribution is -2.25. The molecule has 140 valence electrons. The maximum absolute atomic E-state index is 11.9. The molecule has 0 unspecified atom stereocenters. The first-order valence-corrected chi connectivity index (χ1v) is 9.05. The largest absolute Gasteiger partial charge is 0.494 e. The third-order valence-electron chi connectivity index (χ3n) is 4.06. The molecule has 0 atom stereocenters. The van der Waals surface area contributed by atoms with Crippen molar-refractivity contribution in [3.05, 3.63) is 66.1 Å². The van der Waals surface area contributed by atoms with Gasteiger partial charge in [-0.2, -0.15) is 0 Å². The second-order valence-electron chi connectivity index (χ2n) is 6.18. The highest BCUT2D eigenvalue weighted by molar-refractivity contribution is 5.75. The summed E-state index contributed by atoms with van der Waals surface area (Å²) in [6.07, 6.45) is 1.59. The van der Waals surface area contributed by atoms with Gasteiger partial charge in [-0.3, -0.25) is 4.79 Å². The van der Waals surface area contributed by atoms with Gasteiger partial charge >= 0.3 is 0 Å². The SMILES string of the molecule is Cc1ccccc1-c1nnc(CCNC(=O)CCCOc2ccccc2)o1. The quantitative estimate of drug-likeness (QED) is 0.587. The van der Waals surface area contributed by atoms with E-state index in [4.69, 9.17) is 9.15 Å². The second-order valence-corrected chi connectivity index (χ2v) is 6.18. The molecule has 0 aliphatic heterocycles. The lowest BCUT2D eigenvalue weighted by atomic mass is 10.1. The minimum absolute atomic E-state index is 0.00898. The standard InChI is InChI=1S/C21H23N3O3/c1-16-8-5-6-11-18(16)21-24-23-20(27-21)13-14-22-19(25)12-7-15-26-17-9-3-2-4-10-17/h2-6,8-11H,7,12-15H2,1H3,(H,22,25). The molecule has 1 heterocycles. The molecule has 2 aromatic carbocycles. The van der Waals surface area contributed by atoms with Crippen molar-refractivity contribution in [2.24, 2.45) is 0 Å². The predicted molar refractivity (Wildman–Crippen MR) is 102 cm³/mol. The molecule has 0 saturated heterocycles. The number of carbonyl (C=O) groups excluding carboxylic acids is 1. The van der Waals surface area contributed by atoms with Crippen LogP contribution in [0.4, 0.5) is 0 Å². The fourth-order valence-electron chi connectivity index (χ4n) is 2.61. The van der Waals surface area contributed by atoms with E-state index in [1.807, 2.05) is 61.5 Å². The molecule has 0 bridgehead atoms. The van der Waals surface area contributed by atoms with Gasteiger partial charge in [0.2, 0.25) is 17.7 Å². The molecule has 0 radical (unpaired) electrons. The monoisotopic (exact) mass is 365 g/mol. The summed E-state index contributed by atoms with van der Waals surface area (Å²) in [6.45, 7) is 2.98. The molecule has 1 aromatic heterocycles. The number of nitrogens with zero attached hydrogens (tertiary/aromatic N) is 2. The first-order chi connectivity index (χ1) is 13.2. The number of aryl methyl sites for hydroxylation is 1.